The maximum absolute atomic E-state index is 12.0. The molecule has 0 aliphatic carbocycles. The number of aromatic nitrogens is 2. The van der Waals surface area contributed by atoms with Crippen molar-refractivity contribution < 1.29 is 22.6 Å². The lowest BCUT2D eigenvalue weighted by Crippen LogP contribution is -2.16. The van der Waals surface area contributed by atoms with Crippen LogP contribution in [-0.4, -0.2) is 51.9 Å². The predicted octanol–water partition coefficient (Wildman–Crippen LogP) is 0.901. The Bertz CT molecular complexity index is 735. The highest BCUT2D eigenvalue weighted by molar-refractivity contribution is 7.92. The Balaban J connectivity index is 0.000000316. The van der Waals surface area contributed by atoms with Crippen LogP contribution >= 0.6 is 0 Å². The summed E-state index contributed by atoms with van der Waals surface area (Å²) in [6, 6.07) is 5.81. The number of benzene rings is 1. The van der Waals surface area contributed by atoms with Crippen molar-refractivity contribution in [1.29, 1.82) is 0 Å². The smallest absolute Gasteiger partial charge is 0.264 e. The van der Waals surface area contributed by atoms with E-state index in [4.69, 9.17) is 19.9 Å². The summed E-state index contributed by atoms with van der Waals surface area (Å²) >= 11 is 0. The second kappa shape index (κ2) is 9.16. The highest BCUT2D eigenvalue weighted by Crippen LogP contribution is 2.15. The minimum atomic E-state index is -3.72. The minimum absolute atomic E-state index is 0.0300. The van der Waals surface area contributed by atoms with Crippen LogP contribution in [0.1, 0.15) is 0 Å². The molecule has 0 bridgehead atoms. The molecule has 0 atom stereocenters. The van der Waals surface area contributed by atoms with E-state index in [1.165, 1.54) is 43.8 Å². The SMILES string of the molecule is C1COCCO1.COc1cnc(NS(=O)(=O)c2ccc(N)cc2)nc1. The maximum atomic E-state index is 12.0. The van der Waals surface area contributed by atoms with Crippen LogP contribution in [0.4, 0.5) is 11.6 Å². The zero-order valence-corrected chi connectivity index (χ0v) is 14.5. The van der Waals surface area contributed by atoms with E-state index in [0.717, 1.165) is 26.4 Å². The molecule has 1 saturated heterocycles. The Morgan fingerprint density at radius 3 is 2.00 bits per heavy atom. The molecule has 9 nitrogen and oxygen atoms in total. The third-order valence-corrected chi connectivity index (χ3v) is 4.37. The molecule has 0 radical (unpaired) electrons. The molecular formula is C15H20N4O5S. The molecule has 136 valence electrons. The Labute approximate surface area is 146 Å². The normalized spacial score (nSPS) is 14.1. The van der Waals surface area contributed by atoms with Gasteiger partial charge in [0.05, 0.1) is 50.8 Å². The van der Waals surface area contributed by atoms with E-state index in [9.17, 15) is 8.42 Å². The van der Waals surface area contributed by atoms with E-state index in [1.54, 1.807) is 0 Å². The van der Waals surface area contributed by atoms with Gasteiger partial charge < -0.3 is 19.9 Å². The van der Waals surface area contributed by atoms with Gasteiger partial charge in [-0.3, -0.25) is 0 Å². The molecule has 10 heteroatoms. The van der Waals surface area contributed by atoms with Gasteiger partial charge in [0.1, 0.15) is 0 Å². The van der Waals surface area contributed by atoms with Gasteiger partial charge in [-0.25, -0.2) is 23.1 Å². The van der Waals surface area contributed by atoms with Gasteiger partial charge in [0.25, 0.3) is 10.0 Å². The van der Waals surface area contributed by atoms with E-state index in [2.05, 4.69) is 14.7 Å². The van der Waals surface area contributed by atoms with Crippen LogP contribution < -0.4 is 15.2 Å². The summed E-state index contributed by atoms with van der Waals surface area (Å²) < 4.78 is 41.0. The van der Waals surface area contributed by atoms with Crippen LogP contribution in [0.3, 0.4) is 0 Å². The summed E-state index contributed by atoms with van der Waals surface area (Å²) in [5.74, 6) is 0.410. The molecule has 0 saturated carbocycles. The number of sulfonamides is 1. The summed E-state index contributed by atoms with van der Waals surface area (Å²) in [5, 5.41) is 0. The molecule has 3 N–H and O–H groups in total. The fourth-order valence-electron chi connectivity index (χ4n) is 1.74. The van der Waals surface area contributed by atoms with Crippen molar-refractivity contribution in [1.82, 2.24) is 9.97 Å². The zero-order chi connectivity index (χ0) is 18.1. The lowest BCUT2D eigenvalue weighted by atomic mass is 10.3. The van der Waals surface area contributed by atoms with Gasteiger partial charge in [-0.2, -0.15) is 0 Å². The van der Waals surface area contributed by atoms with Gasteiger partial charge in [-0.1, -0.05) is 0 Å². The molecule has 1 aromatic carbocycles. The number of ether oxygens (including phenoxy) is 3. The molecule has 1 aliphatic rings. The molecule has 1 aromatic heterocycles. The van der Waals surface area contributed by atoms with Crippen LogP contribution in [0, 0.1) is 0 Å². The van der Waals surface area contributed by atoms with Crippen LogP contribution in [0.5, 0.6) is 5.75 Å². The number of nitrogen functional groups attached to an aromatic ring is 1. The van der Waals surface area contributed by atoms with Crippen LogP contribution in [0.25, 0.3) is 0 Å². The zero-order valence-electron chi connectivity index (χ0n) is 13.7. The van der Waals surface area contributed by atoms with Gasteiger partial charge >= 0.3 is 0 Å². The van der Waals surface area contributed by atoms with Gasteiger partial charge in [0.2, 0.25) is 5.95 Å². The summed E-state index contributed by atoms with van der Waals surface area (Å²) in [5.41, 5.74) is 5.99. The number of hydrogen-bond donors (Lipinski definition) is 2. The number of nitrogens with two attached hydrogens (primary N) is 1. The second-order valence-corrected chi connectivity index (χ2v) is 6.53. The summed E-state index contributed by atoms with van der Waals surface area (Å²) in [7, 11) is -2.25. The first-order chi connectivity index (χ1) is 12.0. The molecule has 2 heterocycles. The number of nitrogens with one attached hydrogen (secondary N) is 1. The van der Waals surface area contributed by atoms with Crippen molar-refractivity contribution in [2.24, 2.45) is 0 Å². The van der Waals surface area contributed by atoms with E-state index in [0.29, 0.717) is 11.4 Å². The number of nitrogens with zero attached hydrogens (tertiary/aromatic N) is 2. The molecule has 1 fully saturated rings. The Morgan fingerprint density at radius 2 is 1.56 bits per heavy atom. The van der Waals surface area contributed by atoms with E-state index < -0.39 is 10.0 Å². The van der Waals surface area contributed by atoms with Gasteiger partial charge in [-0.15, -0.1) is 0 Å². The highest BCUT2D eigenvalue weighted by Gasteiger charge is 2.15. The van der Waals surface area contributed by atoms with Crippen LogP contribution in [-0.2, 0) is 19.5 Å². The largest absolute Gasteiger partial charge is 0.494 e. The van der Waals surface area contributed by atoms with Gasteiger partial charge in [0, 0.05) is 5.69 Å². The van der Waals surface area contributed by atoms with Crippen molar-refractivity contribution in [3.63, 3.8) is 0 Å². The van der Waals surface area contributed by atoms with E-state index >= 15 is 0 Å². The van der Waals surface area contributed by atoms with Gasteiger partial charge in [-0.05, 0) is 24.3 Å². The standard InChI is InChI=1S/C11H12N4O3S.C4H8O2/c1-18-9-6-13-11(14-7-9)15-19(16,17)10-4-2-8(12)3-5-10;1-2-6-4-3-5-1/h2-7H,12H2,1H3,(H,13,14,15);1-4H2. The molecule has 0 unspecified atom stereocenters. The lowest BCUT2D eigenvalue weighted by Gasteiger charge is -2.09. The molecule has 0 amide bonds. The number of methoxy groups -OCH3 is 1. The third-order valence-electron chi connectivity index (χ3n) is 3.02. The maximum Gasteiger partial charge on any atom is 0.264 e. The second-order valence-electron chi connectivity index (χ2n) is 4.85. The van der Waals surface area contributed by atoms with E-state index in [-0.39, 0.29) is 10.8 Å². The first-order valence-corrected chi connectivity index (χ1v) is 8.89. The predicted molar refractivity (Wildman–Crippen MR) is 91.9 cm³/mol. The summed E-state index contributed by atoms with van der Waals surface area (Å²) in [6.45, 7) is 3.11. The van der Waals surface area contributed by atoms with Crippen molar-refractivity contribution in [3.05, 3.63) is 36.7 Å². The molecule has 2 aromatic rings. The molecule has 3 rings (SSSR count). The molecular weight excluding hydrogens is 348 g/mol. The van der Waals surface area contributed by atoms with E-state index in [1.807, 2.05) is 0 Å². The minimum Gasteiger partial charge on any atom is -0.494 e. The van der Waals surface area contributed by atoms with Crippen LogP contribution in [0.2, 0.25) is 0 Å². The van der Waals surface area contributed by atoms with Gasteiger partial charge in [0.15, 0.2) is 5.75 Å². The average molecular weight is 368 g/mol. The number of hydrogen-bond acceptors (Lipinski definition) is 8. The monoisotopic (exact) mass is 368 g/mol. The van der Waals surface area contributed by atoms with Crippen molar-refractivity contribution in [2.45, 2.75) is 4.90 Å². The topological polar surface area (TPSA) is 126 Å². The quantitative estimate of drug-likeness (QED) is 0.763. The summed E-state index contributed by atoms with van der Waals surface area (Å²) in [6.07, 6.45) is 2.74. The molecule has 1 aliphatic heterocycles. The number of rotatable bonds is 4. The van der Waals surface area contributed by atoms with Crippen LogP contribution in [0.15, 0.2) is 41.6 Å². The average Bonchev–Trinajstić information content (AvgIpc) is 2.64. The molecule has 25 heavy (non-hydrogen) atoms. The lowest BCUT2D eigenvalue weighted by molar-refractivity contribution is -0.0334. The first kappa shape index (κ1) is 18.9. The van der Waals surface area contributed by atoms with Crippen molar-refractivity contribution in [3.8, 4) is 5.75 Å². The number of anilines is 2. The summed E-state index contributed by atoms with van der Waals surface area (Å²) in [4.78, 5) is 7.74. The fourth-order valence-corrected chi connectivity index (χ4v) is 2.70. The highest BCUT2D eigenvalue weighted by atomic mass is 32.2. The Kier molecular flexibility index (Phi) is 6.92. The Hall–Kier alpha value is -2.43. The van der Waals surface area contributed by atoms with Crippen molar-refractivity contribution in [2.75, 3.05) is 44.0 Å². The fraction of sp³-hybridized carbons (Fsp3) is 0.333. The van der Waals surface area contributed by atoms with Crippen molar-refractivity contribution >= 4 is 21.7 Å². The third kappa shape index (κ3) is 6.18. The first-order valence-electron chi connectivity index (χ1n) is 7.41. The molecule has 0 spiro atoms. The Morgan fingerprint density at radius 1 is 1.04 bits per heavy atom.